The second-order valence-electron chi connectivity index (χ2n) is 9.72. The van der Waals surface area contributed by atoms with Crippen molar-refractivity contribution < 1.29 is 35.1 Å². The summed E-state index contributed by atoms with van der Waals surface area (Å²) in [4.78, 5) is 2.09. The predicted molar refractivity (Wildman–Crippen MR) is 142 cm³/mol. The molecule has 1 aliphatic rings. The van der Waals surface area contributed by atoms with Gasteiger partial charge in [0.25, 0.3) is 0 Å². The molecule has 212 valence electrons. The van der Waals surface area contributed by atoms with Crippen molar-refractivity contribution >= 4 is 38.4 Å². The minimum atomic E-state index is -4.88. The highest BCUT2D eigenvalue weighted by atomic mass is 32.2. The maximum Gasteiger partial charge on any atom is 0.421 e. The summed E-state index contributed by atoms with van der Waals surface area (Å²) >= 11 is 4.28. The molecule has 1 fully saturated rings. The molecule has 2 atom stereocenters. The fourth-order valence-electron chi connectivity index (χ4n) is 4.43. The summed E-state index contributed by atoms with van der Waals surface area (Å²) in [6.45, 7) is 4.17. The Morgan fingerprint density at radius 1 is 1.05 bits per heavy atom. The van der Waals surface area contributed by atoms with E-state index in [2.05, 4.69) is 12.6 Å². The van der Waals surface area contributed by atoms with E-state index in [0.29, 0.717) is 12.6 Å². The number of thiol groups is 1. The van der Waals surface area contributed by atoms with Gasteiger partial charge in [-0.3, -0.25) is 0 Å². The van der Waals surface area contributed by atoms with Crippen molar-refractivity contribution in [3.05, 3.63) is 54.1 Å². The first kappa shape index (κ1) is 30.7. The van der Waals surface area contributed by atoms with E-state index >= 15 is 0 Å². The normalized spacial score (nSPS) is 19.7. The van der Waals surface area contributed by atoms with Crippen LogP contribution in [0.15, 0.2) is 58.3 Å². The van der Waals surface area contributed by atoms with Crippen molar-refractivity contribution in [2.24, 2.45) is 0 Å². The molecule has 0 unspecified atom stereocenters. The average molecular weight is 596 g/mol. The number of aliphatic hydroxyl groups is 1. The number of anilines is 1. The maximum absolute atomic E-state index is 13.5. The van der Waals surface area contributed by atoms with Gasteiger partial charge in [0.05, 0.1) is 17.2 Å². The third-order valence-corrected chi connectivity index (χ3v) is 10.5. The van der Waals surface area contributed by atoms with Gasteiger partial charge in [-0.05, 0) is 50.6 Å². The molecule has 1 heterocycles. The van der Waals surface area contributed by atoms with Gasteiger partial charge in [-0.2, -0.15) is 21.8 Å². The van der Waals surface area contributed by atoms with Gasteiger partial charge < -0.3 is 10.0 Å². The van der Waals surface area contributed by atoms with Gasteiger partial charge in [-0.25, -0.2) is 16.8 Å². The number of alkyl halides is 3. The Labute approximate surface area is 227 Å². The Hall–Kier alpha value is -1.84. The van der Waals surface area contributed by atoms with Crippen LogP contribution in [0.25, 0.3) is 0 Å². The number of piperazine rings is 1. The molecule has 0 bridgehead atoms. The van der Waals surface area contributed by atoms with E-state index in [1.807, 2.05) is 0 Å². The minimum Gasteiger partial charge on any atom is -0.376 e. The van der Waals surface area contributed by atoms with Crippen LogP contribution in [-0.2, 0) is 25.6 Å². The van der Waals surface area contributed by atoms with Crippen molar-refractivity contribution in [2.45, 2.75) is 54.4 Å². The molecule has 14 heteroatoms. The quantitative estimate of drug-likeness (QED) is 0.455. The van der Waals surface area contributed by atoms with Crippen LogP contribution in [0, 0.1) is 0 Å². The van der Waals surface area contributed by atoms with Gasteiger partial charge >= 0.3 is 6.18 Å². The molecule has 38 heavy (non-hydrogen) atoms. The summed E-state index contributed by atoms with van der Waals surface area (Å²) in [5, 5.41) is 10.0. The lowest BCUT2D eigenvalue weighted by molar-refractivity contribution is -0.258. The number of rotatable bonds is 8. The molecule has 2 aromatic carbocycles. The first-order chi connectivity index (χ1) is 17.4. The molecule has 8 nitrogen and oxygen atoms in total. The van der Waals surface area contributed by atoms with Gasteiger partial charge in [0, 0.05) is 42.8 Å². The summed E-state index contributed by atoms with van der Waals surface area (Å²) in [7, 11) is -7.62. The van der Waals surface area contributed by atoms with E-state index in [1.165, 1.54) is 26.8 Å². The third kappa shape index (κ3) is 6.31. The average Bonchev–Trinajstić information content (AvgIpc) is 2.81. The number of nitrogens with zero attached hydrogens (tertiary/aromatic N) is 3. The lowest BCUT2D eigenvalue weighted by Crippen LogP contribution is -2.59. The van der Waals surface area contributed by atoms with E-state index in [0.717, 1.165) is 18.4 Å². The lowest BCUT2D eigenvalue weighted by Gasteiger charge is -2.44. The van der Waals surface area contributed by atoms with Crippen molar-refractivity contribution in [3.63, 3.8) is 0 Å². The lowest BCUT2D eigenvalue weighted by atomic mass is 9.95. The second kappa shape index (κ2) is 11.0. The van der Waals surface area contributed by atoms with E-state index in [9.17, 15) is 35.1 Å². The maximum atomic E-state index is 13.5. The first-order valence-electron chi connectivity index (χ1n) is 11.8. The number of halogens is 3. The zero-order valence-electron chi connectivity index (χ0n) is 21.4. The second-order valence-corrected chi connectivity index (χ2v) is 14.0. The van der Waals surface area contributed by atoms with Crippen LogP contribution in [-0.4, -0.2) is 81.2 Å². The number of hydrogen-bond donors (Lipinski definition) is 2. The van der Waals surface area contributed by atoms with Gasteiger partial charge in [0.1, 0.15) is 0 Å². The first-order valence-corrected chi connectivity index (χ1v) is 15.5. The highest BCUT2D eigenvalue weighted by molar-refractivity contribution is 7.90. The molecule has 0 spiro atoms. The molecule has 0 amide bonds. The van der Waals surface area contributed by atoms with Crippen molar-refractivity contribution in [2.75, 3.05) is 37.3 Å². The van der Waals surface area contributed by atoms with Crippen LogP contribution in [0.2, 0.25) is 0 Å². The molecular formula is C24H32F3N3O5S3. The SMILES string of the molecule is CC(C)N(C[C@H]1CN(S(=O)(=O)c2ccccc2S)CCN1c1ccc([C@@](C)(O)C(F)(F)F)cc1)S(C)(=O)=O. The Kier molecular flexibility index (Phi) is 8.86. The van der Waals surface area contributed by atoms with Crippen LogP contribution >= 0.6 is 12.6 Å². The van der Waals surface area contributed by atoms with Gasteiger partial charge in [0.15, 0.2) is 5.60 Å². The smallest absolute Gasteiger partial charge is 0.376 e. The Morgan fingerprint density at radius 3 is 2.13 bits per heavy atom. The van der Waals surface area contributed by atoms with Gasteiger partial charge in [0.2, 0.25) is 20.0 Å². The Bertz CT molecular complexity index is 1350. The molecule has 0 aliphatic carbocycles. The molecule has 2 aromatic rings. The van der Waals surface area contributed by atoms with Crippen LogP contribution in [0.3, 0.4) is 0 Å². The Balaban J connectivity index is 1.99. The molecule has 0 aromatic heterocycles. The summed E-state index contributed by atoms with van der Waals surface area (Å²) in [5.74, 6) is 0. The number of hydrogen-bond acceptors (Lipinski definition) is 7. The summed E-state index contributed by atoms with van der Waals surface area (Å²) in [6, 6.07) is 10.3. The van der Waals surface area contributed by atoms with Crippen LogP contribution in [0.1, 0.15) is 26.3 Å². The Morgan fingerprint density at radius 2 is 1.63 bits per heavy atom. The largest absolute Gasteiger partial charge is 0.421 e. The molecular weight excluding hydrogens is 563 g/mol. The fraction of sp³-hybridized carbons (Fsp3) is 0.500. The highest BCUT2D eigenvalue weighted by Crippen LogP contribution is 2.39. The molecule has 0 saturated carbocycles. The third-order valence-electron chi connectivity index (χ3n) is 6.63. The molecule has 0 radical (unpaired) electrons. The zero-order valence-corrected chi connectivity index (χ0v) is 23.9. The van der Waals surface area contributed by atoms with Crippen molar-refractivity contribution in [1.29, 1.82) is 0 Å². The standard InChI is InChI=1S/C24H32F3N3O5S3/c1-17(2)30(37(4,32)33)16-20-15-28(38(34,35)22-8-6-5-7-21(22)36)13-14-29(20)19-11-9-18(10-12-19)23(3,31)24(25,26)27/h5-12,17,20,31,36H,13-16H2,1-4H3/t20-,23-/m1/s1. The van der Waals surface area contributed by atoms with Crippen LogP contribution < -0.4 is 4.90 Å². The molecule has 1 saturated heterocycles. The fourth-order valence-corrected chi connectivity index (χ4v) is 7.70. The molecule has 1 aliphatic heterocycles. The highest BCUT2D eigenvalue weighted by Gasteiger charge is 2.51. The van der Waals surface area contributed by atoms with Crippen molar-refractivity contribution in [3.8, 4) is 0 Å². The van der Waals surface area contributed by atoms with Gasteiger partial charge in [-0.15, -0.1) is 12.6 Å². The van der Waals surface area contributed by atoms with Crippen molar-refractivity contribution in [1.82, 2.24) is 8.61 Å². The topological polar surface area (TPSA) is 98.2 Å². The molecule has 3 rings (SSSR count). The van der Waals surface area contributed by atoms with Crippen LogP contribution in [0.5, 0.6) is 0 Å². The number of sulfonamides is 2. The minimum absolute atomic E-state index is 0.0260. The van der Waals surface area contributed by atoms with E-state index < -0.39 is 43.9 Å². The number of benzene rings is 2. The predicted octanol–water partition coefficient (Wildman–Crippen LogP) is 3.29. The summed E-state index contributed by atoms with van der Waals surface area (Å²) in [6.07, 6.45) is -3.81. The molecule has 1 N–H and O–H groups in total. The monoisotopic (exact) mass is 595 g/mol. The van der Waals surface area contributed by atoms with E-state index in [4.69, 9.17) is 0 Å². The summed E-state index contributed by atoms with van der Waals surface area (Å²) in [5.41, 5.74) is -2.93. The van der Waals surface area contributed by atoms with Crippen LogP contribution in [0.4, 0.5) is 18.9 Å². The zero-order chi connectivity index (χ0) is 28.7. The summed E-state index contributed by atoms with van der Waals surface area (Å²) < 4.78 is 94.4. The van der Waals surface area contributed by atoms with E-state index in [-0.39, 0.29) is 41.5 Å². The van der Waals surface area contributed by atoms with Gasteiger partial charge in [-0.1, -0.05) is 24.3 Å². The van der Waals surface area contributed by atoms with E-state index in [1.54, 1.807) is 36.9 Å².